The molecule has 118 valence electrons. The Bertz CT molecular complexity index is 832. The second kappa shape index (κ2) is 6.01. The lowest BCUT2D eigenvalue weighted by Gasteiger charge is -2.08. The molecule has 0 radical (unpaired) electrons. The molecule has 1 aromatic heterocycles. The maximum atomic E-state index is 11.4. The molecule has 1 amide bonds. The van der Waals surface area contributed by atoms with Crippen molar-refractivity contribution in [3.8, 4) is 28.8 Å². The van der Waals surface area contributed by atoms with Crippen LogP contribution in [0.3, 0.4) is 0 Å². The van der Waals surface area contributed by atoms with Crippen LogP contribution in [-0.2, 0) is 0 Å². The number of aliphatic hydroxyl groups excluding tert-OH is 2. The number of benzene rings is 1. The van der Waals surface area contributed by atoms with E-state index in [1.165, 1.54) is 0 Å². The van der Waals surface area contributed by atoms with Crippen molar-refractivity contribution in [3.63, 3.8) is 0 Å². The van der Waals surface area contributed by atoms with E-state index in [2.05, 4.69) is 16.8 Å². The van der Waals surface area contributed by atoms with Gasteiger partial charge in [-0.15, -0.1) is 11.3 Å². The van der Waals surface area contributed by atoms with Crippen LogP contribution in [0.5, 0.6) is 5.75 Å². The highest BCUT2D eigenvalue weighted by Crippen LogP contribution is 2.41. The van der Waals surface area contributed by atoms with Crippen LogP contribution in [0.2, 0.25) is 0 Å². The Kier molecular flexibility index (Phi) is 4.05. The van der Waals surface area contributed by atoms with Crippen molar-refractivity contribution in [3.05, 3.63) is 33.6 Å². The number of nitrogens with zero attached hydrogens (tertiary/aromatic N) is 1. The van der Waals surface area contributed by atoms with Crippen LogP contribution in [-0.4, -0.2) is 33.8 Å². The summed E-state index contributed by atoms with van der Waals surface area (Å²) in [6.45, 7) is 1.65. The first kappa shape index (κ1) is 15.5. The summed E-state index contributed by atoms with van der Waals surface area (Å²) in [5.74, 6) is 5.43. The molecule has 0 saturated heterocycles. The van der Waals surface area contributed by atoms with E-state index in [-0.39, 0.29) is 11.6 Å². The number of rotatable bonds is 1. The lowest BCUT2D eigenvalue weighted by Crippen LogP contribution is -2.10. The molecule has 0 spiro atoms. The number of fused-ring (bicyclic) bond motifs is 3. The van der Waals surface area contributed by atoms with Gasteiger partial charge in [-0.3, -0.25) is 4.79 Å². The molecule has 4 N–H and O–H groups in total. The van der Waals surface area contributed by atoms with Crippen LogP contribution in [0.15, 0.2) is 18.2 Å². The Morgan fingerprint density at radius 2 is 2.35 bits per heavy atom. The normalized spacial score (nSPS) is 16.9. The third-order valence-electron chi connectivity index (χ3n) is 3.22. The number of nitrogens with two attached hydrogens (primary N) is 1. The second-order valence-corrected chi connectivity index (χ2v) is 6.11. The number of primary amides is 1. The van der Waals surface area contributed by atoms with Crippen molar-refractivity contribution < 1.29 is 19.7 Å². The summed E-state index contributed by atoms with van der Waals surface area (Å²) in [5.41, 5.74) is 7.07. The summed E-state index contributed by atoms with van der Waals surface area (Å²) in [6.07, 6.45) is -1.61. The maximum absolute atomic E-state index is 11.4. The number of hydrogen-bond acceptors (Lipinski definition) is 6. The monoisotopic (exact) mass is 330 g/mol. The van der Waals surface area contributed by atoms with Crippen molar-refractivity contribution in [2.24, 2.45) is 5.73 Å². The molecule has 7 heteroatoms. The number of ether oxygens (including phenoxy) is 1. The molecule has 6 nitrogen and oxygen atoms in total. The van der Waals surface area contributed by atoms with E-state index in [4.69, 9.17) is 10.5 Å². The highest BCUT2D eigenvalue weighted by molar-refractivity contribution is 7.14. The number of hydrogen-bond donors (Lipinski definition) is 3. The molecule has 1 aliphatic heterocycles. The van der Waals surface area contributed by atoms with Crippen LogP contribution in [0.25, 0.3) is 11.3 Å². The first-order valence-corrected chi connectivity index (χ1v) is 7.72. The van der Waals surface area contributed by atoms with Gasteiger partial charge in [0.25, 0.3) is 5.91 Å². The number of aliphatic hydroxyl groups is 2. The van der Waals surface area contributed by atoms with Gasteiger partial charge in [0.15, 0.2) is 5.01 Å². The van der Waals surface area contributed by atoms with Crippen molar-refractivity contribution in [2.75, 3.05) is 6.61 Å². The van der Waals surface area contributed by atoms with Crippen LogP contribution >= 0.6 is 11.3 Å². The van der Waals surface area contributed by atoms with E-state index in [1.807, 2.05) is 0 Å². The Morgan fingerprint density at radius 1 is 1.57 bits per heavy atom. The molecule has 23 heavy (non-hydrogen) atoms. The lowest BCUT2D eigenvalue weighted by molar-refractivity contribution is 0.1000. The van der Waals surface area contributed by atoms with Gasteiger partial charge in [-0.2, -0.15) is 0 Å². The highest BCUT2D eigenvalue weighted by Gasteiger charge is 2.27. The SMILES string of the molecule is CC(O)C#Cc1ccc2c(c1)-c1nc(C(N)=O)sc1C(O)CO2. The van der Waals surface area contributed by atoms with Crippen molar-refractivity contribution in [1.29, 1.82) is 0 Å². The average molecular weight is 330 g/mol. The summed E-state index contributed by atoms with van der Waals surface area (Å²) >= 11 is 1.06. The van der Waals surface area contributed by atoms with Gasteiger partial charge in [-0.1, -0.05) is 11.8 Å². The van der Waals surface area contributed by atoms with Gasteiger partial charge in [0.1, 0.15) is 24.6 Å². The van der Waals surface area contributed by atoms with Gasteiger partial charge >= 0.3 is 0 Å². The van der Waals surface area contributed by atoms with Crippen molar-refractivity contribution >= 4 is 17.2 Å². The van der Waals surface area contributed by atoms with Crippen molar-refractivity contribution in [1.82, 2.24) is 4.98 Å². The molecular formula is C16H14N2O4S. The molecule has 3 rings (SSSR count). The van der Waals surface area contributed by atoms with Crippen LogP contribution in [0.1, 0.15) is 33.3 Å². The smallest absolute Gasteiger partial charge is 0.277 e. The third kappa shape index (κ3) is 3.05. The minimum absolute atomic E-state index is 0.0685. The first-order valence-electron chi connectivity index (χ1n) is 6.91. The standard InChI is InChI=1S/C16H14N2O4S/c1-8(19)2-3-9-4-5-12-10(6-9)13-14(11(20)7-22-12)23-16(18-13)15(17)21/h4-6,8,11,19-20H,7H2,1H3,(H2,17,21). The second-order valence-electron chi connectivity index (χ2n) is 5.08. The maximum Gasteiger partial charge on any atom is 0.277 e. The van der Waals surface area contributed by atoms with E-state index < -0.39 is 18.1 Å². The van der Waals surface area contributed by atoms with Crippen LogP contribution in [0, 0.1) is 11.8 Å². The van der Waals surface area contributed by atoms with Crippen LogP contribution in [0.4, 0.5) is 0 Å². The Hall–Kier alpha value is -2.40. The fourth-order valence-electron chi connectivity index (χ4n) is 2.21. The zero-order valence-electron chi connectivity index (χ0n) is 12.2. The lowest BCUT2D eigenvalue weighted by atomic mass is 10.1. The largest absolute Gasteiger partial charge is 0.490 e. The fourth-order valence-corrected chi connectivity index (χ4v) is 3.11. The number of amides is 1. The summed E-state index contributed by atoms with van der Waals surface area (Å²) in [7, 11) is 0. The van der Waals surface area contributed by atoms with E-state index in [1.54, 1.807) is 25.1 Å². The fraction of sp³-hybridized carbons (Fsp3) is 0.250. The molecule has 1 aromatic carbocycles. The van der Waals surface area contributed by atoms with E-state index in [0.29, 0.717) is 27.4 Å². The first-order chi connectivity index (χ1) is 11.0. The van der Waals surface area contributed by atoms with E-state index >= 15 is 0 Å². The molecular weight excluding hydrogens is 316 g/mol. The van der Waals surface area contributed by atoms with Gasteiger partial charge in [-0.25, -0.2) is 4.98 Å². The van der Waals surface area contributed by atoms with Gasteiger partial charge in [0.05, 0.1) is 10.6 Å². The molecule has 0 bridgehead atoms. The summed E-state index contributed by atoms with van der Waals surface area (Å²) in [5, 5.41) is 19.6. The summed E-state index contributed by atoms with van der Waals surface area (Å²) in [6, 6.07) is 5.24. The van der Waals surface area contributed by atoms with E-state index in [0.717, 1.165) is 11.3 Å². The molecule has 2 unspecified atom stereocenters. The van der Waals surface area contributed by atoms with Gasteiger partial charge in [0, 0.05) is 11.1 Å². The molecule has 2 aromatic rings. The van der Waals surface area contributed by atoms with Gasteiger partial charge < -0.3 is 20.7 Å². The summed E-state index contributed by atoms with van der Waals surface area (Å²) < 4.78 is 5.59. The minimum atomic E-state index is -0.880. The van der Waals surface area contributed by atoms with Gasteiger partial charge in [-0.05, 0) is 25.1 Å². The Balaban J connectivity index is 2.15. The Labute approximate surface area is 136 Å². The molecule has 1 aliphatic rings. The third-order valence-corrected chi connectivity index (χ3v) is 4.39. The number of carbonyl (C=O) groups is 1. The predicted octanol–water partition coefficient (Wildman–Crippen LogP) is 1.07. The summed E-state index contributed by atoms with van der Waals surface area (Å²) in [4.78, 5) is 16.2. The zero-order chi connectivity index (χ0) is 16.6. The molecule has 0 fully saturated rings. The zero-order valence-corrected chi connectivity index (χ0v) is 13.1. The topological polar surface area (TPSA) is 106 Å². The predicted molar refractivity (Wildman–Crippen MR) is 85.1 cm³/mol. The quantitative estimate of drug-likeness (QED) is 0.678. The number of thiazole rings is 1. The molecule has 0 saturated carbocycles. The molecule has 0 aliphatic carbocycles. The van der Waals surface area contributed by atoms with E-state index in [9.17, 15) is 15.0 Å². The van der Waals surface area contributed by atoms with Crippen LogP contribution < -0.4 is 10.5 Å². The minimum Gasteiger partial charge on any atom is -0.490 e. The van der Waals surface area contributed by atoms with Crippen molar-refractivity contribution in [2.45, 2.75) is 19.1 Å². The molecule has 2 heterocycles. The molecule has 2 atom stereocenters. The Morgan fingerprint density at radius 3 is 3.04 bits per heavy atom. The highest BCUT2D eigenvalue weighted by atomic mass is 32.1. The average Bonchev–Trinajstić information content (AvgIpc) is 2.91. The van der Waals surface area contributed by atoms with Gasteiger partial charge in [0.2, 0.25) is 0 Å². The number of carbonyl (C=O) groups excluding carboxylic acids is 1. The number of aromatic nitrogens is 1.